The number of esters is 1. The van der Waals surface area contributed by atoms with Crippen LogP contribution in [0.1, 0.15) is 33.6 Å². The third-order valence-corrected chi connectivity index (χ3v) is 3.19. The maximum atomic E-state index is 12.0. The van der Waals surface area contributed by atoms with Gasteiger partial charge in [0, 0.05) is 19.1 Å². The van der Waals surface area contributed by atoms with Gasteiger partial charge >= 0.3 is 5.97 Å². The predicted octanol–water partition coefficient (Wildman–Crippen LogP) is 0.881. The molecule has 0 unspecified atom stereocenters. The van der Waals surface area contributed by atoms with Gasteiger partial charge < -0.3 is 9.64 Å². The van der Waals surface area contributed by atoms with Crippen molar-refractivity contribution >= 4 is 11.9 Å². The number of hydrogen-bond donors (Lipinski definition) is 0. The quantitative estimate of drug-likeness (QED) is 0.635. The summed E-state index contributed by atoms with van der Waals surface area (Å²) in [5.41, 5.74) is 0. The normalized spacial score (nSPS) is 15.0. The van der Waals surface area contributed by atoms with Gasteiger partial charge in [-0.25, -0.2) is 0 Å². The van der Waals surface area contributed by atoms with Crippen molar-refractivity contribution in [2.45, 2.75) is 45.7 Å². The van der Waals surface area contributed by atoms with Gasteiger partial charge in [0.1, 0.15) is 0 Å². The topological polar surface area (TPSA) is 49.9 Å². The third-order valence-electron chi connectivity index (χ3n) is 3.19. The Balaban J connectivity index is 2.46. The number of hydrogen-bond acceptors (Lipinski definition) is 4. The van der Waals surface area contributed by atoms with Gasteiger partial charge in [-0.15, -0.1) is 0 Å². The summed E-state index contributed by atoms with van der Waals surface area (Å²) in [6, 6.07) is 0.556. The zero-order chi connectivity index (χ0) is 13.7. The summed E-state index contributed by atoms with van der Waals surface area (Å²) in [5, 5.41) is 0. The van der Waals surface area contributed by atoms with Crippen LogP contribution in [0.15, 0.2) is 0 Å². The lowest BCUT2D eigenvalue weighted by Gasteiger charge is -2.27. The molecule has 1 aliphatic carbocycles. The summed E-state index contributed by atoms with van der Waals surface area (Å²) in [6.45, 7) is 6.57. The van der Waals surface area contributed by atoms with Gasteiger partial charge in [-0.2, -0.15) is 0 Å². The first-order valence-electron chi connectivity index (χ1n) is 6.61. The summed E-state index contributed by atoms with van der Waals surface area (Å²) >= 11 is 0. The standard InChI is InChI=1S/C13H24N2O3/c1-5-18-13(17)9-15(10(2)3)8-12(16)14(4)11-6-7-11/h10-11H,5-9H2,1-4H3. The Labute approximate surface area is 109 Å². The Hall–Kier alpha value is -1.10. The monoisotopic (exact) mass is 256 g/mol. The smallest absolute Gasteiger partial charge is 0.320 e. The van der Waals surface area contributed by atoms with E-state index in [1.54, 1.807) is 11.8 Å². The molecule has 5 heteroatoms. The molecule has 18 heavy (non-hydrogen) atoms. The van der Waals surface area contributed by atoms with Gasteiger partial charge in [-0.3, -0.25) is 14.5 Å². The fraction of sp³-hybridized carbons (Fsp3) is 0.846. The molecule has 1 fully saturated rings. The molecule has 0 aliphatic heterocycles. The van der Waals surface area contributed by atoms with Crippen LogP contribution in [0.3, 0.4) is 0 Å². The first kappa shape index (κ1) is 15.0. The average molecular weight is 256 g/mol. The summed E-state index contributed by atoms with van der Waals surface area (Å²) in [4.78, 5) is 27.1. The lowest BCUT2D eigenvalue weighted by Crippen LogP contribution is -2.44. The molecular weight excluding hydrogens is 232 g/mol. The van der Waals surface area contributed by atoms with E-state index < -0.39 is 0 Å². The molecule has 0 aromatic carbocycles. The van der Waals surface area contributed by atoms with Crippen LogP contribution >= 0.6 is 0 Å². The average Bonchev–Trinajstić information content (AvgIpc) is 3.11. The first-order chi connectivity index (χ1) is 8.45. The SMILES string of the molecule is CCOC(=O)CN(CC(=O)N(C)C1CC1)C(C)C. The van der Waals surface area contributed by atoms with Gasteiger partial charge in [0.2, 0.25) is 5.91 Å². The summed E-state index contributed by atoms with van der Waals surface area (Å²) in [5.74, 6) is -0.191. The molecule has 0 bridgehead atoms. The van der Waals surface area contributed by atoms with Crippen LogP contribution in [0, 0.1) is 0 Å². The van der Waals surface area contributed by atoms with E-state index in [4.69, 9.17) is 4.74 Å². The summed E-state index contributed by atoms with van der Waals surface area (Å²) in [7, 11) is 1.84. The van der Waals surface area contributed by atoms with Crippen molar-refractivity contribution in [2.75, 3.05) is 26.7 Å². The number of nitrogens with zero attached hydrogens (tertiary/aromatic N) is 2. The van der Waals surface area contributed by atoms with Crippen LogP contribution in [-0.2, 0) is 14.3 Å². The molecule has 0 saturated heterocycles. The van der Waals surface area contributed by atoms with E-state index >= 15 is 0 Å². The van der Waals surface area contributed by atoms with Gasteiger partial charge in [0.15, 0.2) is 0 Å². The molecule has 0 heterocycles. The van der Waals surface area contributed by atoms with E-state index in [9.17, 15) is 9.59 Å². The summed E-state index contributed by atoms with van der Waals surface area (Å²) in [6.07, 6.45) is 2.20. The molecule has 1 aliphatic rings. The van der Waals surface area contributed by atoms with Crippen LogP contribution in [0.2, 0.25) is 0 Å². The zero-order valence-corrected chi connectivity index (χ0v) is 11.8. The van der Waals surface area contributed by atoms with Crippen molar-refractivity contribution in [3.63, 3.8) is 0 Å². The van der Waals surface area contributed by atoms with E-state index in [1.165, 1.54) is 0 Å². The van der Waals surface area contributed by atoms with Crippen LogP contribution in [-0.4, -0.2) is 60.5 Å². The number of carbonyl (C=O) groups excluding carboxylic acids is 2. The maximum Gasteiger partial charge on any atom is 0.320 e. The number of carbonyl (C=O) groups is 2. The van der Waals surface area contributed by atoms with E-state index in [-0.39, 0.29) is 31.0 Å². The fourth-order valence-electron chi connectivity index (χ4n) is 1.74. The molecule has 1 rings (SSSR count). The minimum absolute atomic E-state index is 0.0792. The van der Waals surface area contributed by atoms with Crippen LogP contribution in [0.4, 0.5) is 0 Å². The highest BCUT2D eigenvalue weighted by molar-refractivity contribution is 5.79. The highest BCUT2D eigenvalue weighted by Crippen LogP contribution is 2.25. The maximum absolute atomic E-state index is 12.0. The molecular formula is C13H24N2O3. The molecule has 0 aromatic rings. The molecule has 5 nitrogen and oxygen atoms in total. The highest BCUT2D eigenvalue weighted by Gasteiger charge is 2.30. The second-order valence-corrected chi connectivity index (χ2v) is 5.04. The summed E-state index contributed by atoms with van der Waals surface area (Å²) < 4.78 is 4.92. The Morgan fingerprint density at radius 3 is 2.33 bits per heavy atom. The first-order valence-corrected chi connectivity index (χ1v) is 6.61. The van der Waals surface area contributed by atoms with Gasteiger partial charge in [-0.1, -0.05) is 0 Å². The van der Waals surface area contributed by atoms with Gasteiger partial charge in [0.05, 0.1) is 19.7 Å². The van der Waals surface area contributed by atoms with Crippen molar-refractivity contribution in [1.29, 1.82) is 0 Å². The molecule has 1 saturated carbocycles. The highest BCUT2D eigenvalue weighted by atomic mass is 16.5. The van der Waals surface area contributed by atoms with Crippen LogP contribution in [0.25, 0.3) is 0 Å². The van der Waals surface area contributed by atoms with E-state index in [1.807, 2.05) is 25.8 Å². The molecule has 104 valence electrons. The second kappa shape index (κ2) is 6.73. The molecule has 0 spiro atoms. The van der Waals surface area contributed by atoms with Gasteiger partial charge in [0.25, 0.3) is 0 Å². The van der Waals surface area contributed by atoms with Gasteiger partial charge in [-0.05, 0) is 33.6 Å². The predicted molar refractivity (Wildman–Crippen MR) is 69.1 cm³/mol. The largest absolute Gasteiger partial charge is 0.465 e. The third kappa shape index (κ3) is 4.64. The minimum Gasteiger partial charge on any atom is -0.465 e. The van der Waals surface area contributed by atoms with E-state index in [0.29, 0.717) is 12.6 Å². The van der Waals surface area contributed by atoms with Crippen molar-refractivity contribution in [3.05, 3.63) is 0 Å². The van der Waals surface area contributed by atoms with Crippen LogP contribution < -0.4 is 0 Å². The number of amides is 1. The molecule has 0 aromatic heterocycles. The number of rotatable bonds is 7. The Kier molecular flexibility index (Phi) is 5.59. The second-order valence-electron chi connectivity index (χ2n) is 5.04. The van der Waals surface area contributed by atoms with Crippen molar-refractivity contribution in [1.82, 2.24) is 9.80 Å². The fourth-order valence-corrected chi connectivity index (χ4v) is 1.74. The molecule has 1 amide bonds. The van der Waals surface area contributed by atoms with Crippen molar-refractivity contribution in [2.24, 2.45) is 0 Å². The molecule has 0 N–H and O–H groups in total. The van der Waals surface area contributed by atoms with Crippen molar-refractivity contribution < 1.29 is 14.3 Å². The Morgan fingerprint density at radius 1 is 1.28 bits per heavy atom. The van der Waals surface area contributed by atoms with E-state index in [0.717, 1.165) is 12.8 Å². The Bertz CT molecular complexity index is 301. The lowest BCUT2D eigenvalue weighted by atomic mass is 10.3. The van der Waals surface area contributed by atoms with Crippen molar-refractivity contribution in [3.8, 4) is 0 Å². The van der Waals surface area contributed by atoms with Crippen LogP contribution in [0.5, 0.6) is 0 Å². The van der Waals surface area contributed by atoms with E-state index in [2.05, 4.69) is 0 Å². The number of ether oxygens (including phenoxy) is 1. The Morgan fingerprint density at radius 2 is 1.89 bits per heavy atom. The molecule has 0 atom stereocenters. The minimum atomic E-state index is -0.270. The number of likely N-dealkylation sites (N-methyl/N-ethyl adjacent to an activating group) is 1. The lowest BCUT2D eigenvalue weighted by molar-refractivity contribution is -0.145. The molecule has 0 radical (unpaired) electrons. The zero-order valence-electron chi connectivity index (χ0n) is 11.8.